The zero-order valence-electron chi connectivity index (χ0n) is 20.2. The number of likely N-dealkylation sites (N-methyl/N-ethyl adjacent to an activating group) is 1. The van der Waals surface area contributed by atoms with Crippen LogP contribution in [0.1, 0.15) is 47.4 Å². The van der Waals surface area contributed by atoms with Gasteiger partial charge in [-0.1, -0.05) is 23.7 Å². The number of primary sulfonamides is 1. The van der Waals surface area contributed by atoms with Crippen LogP contribution in [0, 0.1) is 5.82 Å². The summed E-state index contributed by atoms with van der Waals surface area (Å²) >= 11 is 6.48. The average molecular weight is 526 g/mol. The van der Waals surface area contributed by atoms with Crippen LogP contribution in [-0.4, -0.2) is 35.1 Å². The number of anilines is 2. The second kappa shape index (κ2) is 8.47. The normalized spacial score (nSPS) is 20.6. The van der Waals surface area contributed by atoms with E-state index < -0.39 is 10.0 Å². The topological polar surface area (TPSA) is 66.6 Å². The first kappa shape index (κ1) is 23.8. The number of hydrogen-bond donors (Lipinski definition) is 1. The minimum Gasteiger partial charge on any atom is -0.373 e. The number of benzene rings is 3. The van der Waals surface area contributed by atoms with Crippen molar-refractivity contribution in [2.24, 2.45) is 5.14 Å². The van der Waals surface area contributed by atoms with Crippen molar-refractivity contribution < 1.29 is 12.8 Å². The summed E-state index contributed by atoms with van der Waals surface area (Å²) in [6.45, 7) is 2.72. The summed E-state index contributed by atoms with van der Waals surface area (Å²) in [5.41, 5.74) is 6.88. The smallest absolute Gasteiger partial charge is 0.238 e. The Bertz CT molecular complexity index is 1470. The van der Waals surface area contributed by atoms with Crippen LogP contribution in [0.15, 0.2) is 59.5 Å². The van der Waals surface area contributed by atoms with Gasteiger partial charge >= 0.3 is 0 Å². The van der Waals surface area contributed by atoms with E-state index >= 15 is 0 Å². The number of aryl methyl sites for hydroxylation is 1. The molecule has 188 valence electrons. The Morgan fingerprint density at radius 3 is 2.53 bits per heavy atom. The van der Waals surface area contributed by atoms with Gasteiger partial charge in [-0.3, -0.25) is 0 Å². The van der Waals surface area contributed by atoms with Gasteiger partial charge in [-0.2, -0.15) is 0 Å². The molecule has 36 heavy (non-hydrogen) atoms. The van der Waals surface area contributed by atoms with Crippen LogP contribution in [0.5, 0.6) is 0 Å². The molecule has 5 nitrogen and oxygen atoms in total. The van der Waals surface area contributed by atoms with Gasteiger partial charge in [0.15, 0.2) is 0 Å². The van der Waals surface area contributed by atoms with Crippen molar-refractivity contribution in [3.63, 3.8) is 0 Å². The van der Waals surface area contributed by atoms with E-state index in [1.807, 2.05) is 18.2 Å². The summed E-state index contributed by atoms with van der Waals surface area (Å²) in [5.74, 6) is -0.0330. The molecule has 2 heterocycles. The van der Waals surface area contributed by atoms with Crippen LogP contribution in [0.3, 0.4) is 0 Å². The summed E-state index contributed by atoms with van der Waals surface area (Å²) in [5, 5.41) is 6.06. The highest BCUT2D eigenvalue weighted by atomic mass is 35.5. The van der Waals surface area contributed by atoms with E-state index in [1.54, 1.807) is 24.3 Å². The number of hydrogen-bond acceptors (Lipinski definition) is 4. The number of halogens is 2. The number of nitrogens with two attached hydrogens (primary N) is 1. The zero-order chi connectivity index (χ0) is 25.2. The molecule has 1 aliphatic carbocycles. The molecule has 3 aromatic carbocycles. The van der Waals surface area contributed by atoms with Crippen LogP contribution in [0.4, 0.5) is 15.8 Å². The zero-order valence-corrected chi connectivity index (χ0v) is 21.7. The van der Waals surface area contributed by atoms with E-state index in [0.717, 1.165) is 62.1 Å². The molecule has 0 amide bonds. The van der Waals surface area contributed by atoms with E-state index in [2.05, 4.69) is 29.0 Å². The first-order valence-corrected chi connectivity index (χ1v) is 14.3. The lowest BCUT2D eigenvalue weighted by atomic mass is 9.74. The molecule has 1 spiro atoms. The molecule has 1 fully saturated rings. The van der Waals surface area contributed by atoms with Crippen LogP contribution in [-0.2, 0) is 21.9 Å². The van der Waals surface area contributed by atoms with E-state index in [1.165, 1.54) is 16.8 Å². The summed E-state index contributed by atoms with van der Waals surface area (Å²) in [7, 11) is -1.68. The molecule has 1 atom stereocenters. The second-order valence-corrected chi connectivity index (χ2v) is 12.5. The van der Waals surface area contributed by atoms with E-state index in [4.69, 9.17) is 16.7 Å². The molecule has 0 bridgehead atoms. The van der Waals surface area contributed by atoms with Gasteiger partial charge in [0.05, 0.1) is 4.90 Å². The maximum Gasteiger partial charge on any atom is 0.238 e. The van der Waals surface area contributed by atoms with Crippen molar-refractivity contribution in [3.05, 3.63) is 87.7 Å². The van der Waals surface area contributed by atoms with Gasteiger partial charge < -0.3 is 9.80 Å². The largest absolute Gasteiger partial charge is 0.373 e. The predicted octanol–water partition coefficient (Wildman–Crippen LogP) is 5.19. The molecule has 0 radical (unpaired) electrons. The lowest BCUT2D eigenvalue weighted by Gasteiger charge is -2.42. The van der Waals surface area contributed by atoms with E-state index in [0.29, 0.717) is 5.02 Å². The molecule has 2 N–H and O–H groups in total. The maximum absolute atomic E-state index is 13.9. The Hall–Kier alpha value is -2.61. The van der Waals surface area contributed by atoms with Crippen LogP contribution >= 0.6 is 11.6 Å². The van der Waals surface area contributed by atoms with Crippen molar-refractivity contribution in [3.8, 4) is 0 Å². The molecule has 2 aliphatic heterocycles. The SMILES string of the molecule is CN1CC2(CCN(c3ccc(Cl)cc3C3CCc4cc(S(N)(=O)=O)ccc43)CC2)c2ccc(F)cc21. The number of nitrogens with zero attached hydrogens (tertiary/aromatic N) is 2. The molecule has 0 aromatic heterocycles. The van der Waals surface area contributed by atoms with Gasteiger partial charge in [-0.05, 0) is 90.4 Å². The molecule has 1 saturated heterocycles. The molecule has 3 aromatic rings. The standard InChI is InChI=1S/C28H29ClFN3O2S/c1-32-17-28(25-8-4-20(30)16-27(25)32)10-12-33(13-11-28)26-9-3-19(29)15-24(26)23-6-2-18-14-21(36(31,34)35)5-7-22(18)23/h3-5,7-9,14-16,23H,2,6,10-13,17H2,1H3,(H2,31,34,35). The molecule has 8 heteroatoms. The summed E-state index contributed by atoms with van der Waals surface area (Å²) < 4.78 is 37.6. The van der Waals surface area contributed by atoms with Gasteiger partial charge in [0.25, 0.3) is 0 Å². The molecular formula is C28H29ClFN3O2S. The van der Waals surface area contributed by atoms with Crippen molar-refractivity contribution in [2.75, 3.05) is 36.5 Å². The minimum absolute atomic E-state index is 0.0466. The molecule has 6 rings (SSSR count). The van der Waals surface area contributed by atoms with E-state index in [9.17, 15) is 12.8 Å². The van der Waals surface area contributed by atoms with Crippen molar-refractivity contribution in [2.45, 2.75) is 41.9 Å². The number of fused-ring (bicyclic) bond motifs is 3. The van der Waals surface area contributed by atoms with Gasteiger partial charge in [-0.25, -0.2) is 17.9 Å². The fourth-order valence-electron chi connectivity index (χ4n) is 6.68. The lowest BCUT2D eigenvalue weighted by Crippen LogP contribution is -2.45. The molecular weight excluding hydrogens is 497 g/mol. The van der Waals surface area contributed by atoms with Crippen molar-refractivity contribution in [1.82, 2.24) is 0 Å². The van der Waals surface area contributed by atoms with Crippen molar-refractivity contribution in [1.29, 1.82) is 0 Å². The highest BCUT2D eigenvalue weighted by Gasteiger charge is 2.44. The van der Waals surface area contributed by atoms with Crippen LogP contribution in [0.2, 0.25) is 5.02 Å². The quantitative estimate of drug-likeness (QED) is 0.511. The monoisotopic (exact) mass is 525 g/mol. The summed E-state index contributed by atoms with van der Waals surface area (Å²) in [6.07, 6.45) is 3.70. The van der Waals surface area contributed by atoms with E-state index in [-0.39, 0.29) is 22.0 Å². The molecule has 0 saturated carbocycles. The Balaban J connectivity index is 1.30. The predicted molar refractivity (Wildman–Crippen MR) is 142 cm³/mol. The lowest BCUT2D eigenvalue weighted by molar-refractivity contribution is 0.353. The average Bonchev–Trinajstić information content (AvgIpc) is 3.37. The minimum atomic E-state index is -3.73. The Labute approximate surface area is 216 Å². The highest BCUT2D eigenvalue weighted by molar-refractivity contribution is 7.89. The second-order valence-electron chi connectivity index (χ2n) is 10.5. The van der Waals surface area contributed by atoms with Gasteiger partial charge in [0.2, 0.25) is 10.0 Å². The Kier molecular flexibility index (Phi) is 5.59. The maximum atomic E-state index is 13.9. The first-order valence-electron chi connectivity index (χ1n) is 12.4. The fourth-order valence-corrected chi connectivity index (χ4v) is 7.43. The number of sulfonamides is 1. The number of rotatable bonds is 3. The van der Waals surface area contributed by atoms with Gasteiger partial charge in [0, 0.05) is 54.4 Å². The third-order valence-electron chi connectivity index (χ3n) is 8.43. The Morgan fingerprint density at radius 2 is 1.78 bits per heavy atom. The van der Waals surface area contributed by atoms with Gasteiger partial charge in [-0.15, -0.1) is 0 Å². The van der Waals surface area contributed by atoms with Crippen LogP contribution in [0.25, 0.3) is 0 Å². The van der Waals surface area contributed by atoms with Crippen LogP contribution < -0.4 is 14.9 Å². The molecule has 1 unspecified atom stereocenters. The highest BCUT2D eigenvalue weighted by Crippen LogP contribution is 2.49. The third-order valence-corrected chi connectivity index (χ3v) is 9.58. The number of piperidine rings is 1. The van der Waals surface area contributed by atoms with Gasteiger partial charge in [0.1, 0.15) is 5.82 Å². The first-order chi connectivity index (χ1) is 17.1. The summed E-state index contributed by atoms with van der Waals surface area (Å²) in [6, 6.07) is 16.6. The summed E-state index contributed by atoms with van der Waals surface area (Å²) in [4.78, 5) is 4.80. The Morgan fingerprint density at radius 1 is 1.00 bits per heavy atom. The van der Waals surface area contributed by atoms with Crippen molar-refractivity contribution >= 4 is 33.0 Å². The molecule has 3 aliphatic rings. The third kappa shape index (κ3) is 3.88. The fraction of sp³-hybridized carbons (Fsp3) is 0.357.